The van der Waals surface area contributed by atoms with Gasteiger partial charge in [-0.25, -0.2) is 4.79 Å². The molecule has 0 heterocycles. The fourth-order valence-corrected chi connectivity index (χ4v) is 4.12. The molecule has 4 nitrogen and oxygen atoms in total. The lowest BCUT2D eigenvalue weighted by molar-refractivity contribution is 0.142. The van der Waals surface area contributed by atoms with Crippen molar-refractivity contribution in [1.82, 2.24) is 5.32 Å². The third-order valence-corrected chi connectivity index (χ3v) is 5.59. The number of hydrogen-bond acceptors (Lipinski definition) is 3. The molecule has 3 aromatic carbocycles. The Kier molecular flexibility index (Phi) is 5.92. The van der Waals surface area contributed by atoms with Crippen LogP contribution in [0.3, 0.4) is 0 Å². The molecule has 1 atom stereocenters. The molecule has 0 spiro atoms. The highest BCUT2D eigenvalue weighted by molar-refractivity contribution is 5.79. The van der Waals surface area contributed by atoms with Crippen molar-refractivity contribution in [2.24, 2.45) is 0 Å². The molecule has 1 aliphatic carbocycles. The molecule has 4 heteroatoms. The summed E-state index contributed by atoms with van der Waals surface area (Å²) in [5, 5.41) is 12.2. The molecule has 0 bridgehead atoms. The van der Waals surface area contributed by atoms with E-state index in [1.54, 1.807) is 0 Å². The van der Waals surface area contributed by atoms with Gasteiger partial charge < -0.3 is 15.2 Å². The van der Waals surface area contributed by atoms with Crippen molar-refractivity contribution in [3.8, 4) is 11.1 Å². The van der Waals surface area contributed by atoms with E-state index in [1.807, 2.05) is 54.6 Å². The maximum atomic E-state index is 12.4. The van der Waals surface area contributed by atoms with Crippen molar-refractivity contribution in [3.05, 3.63) is 95.6 Å². The van der Waals surface area contributed by atoms with Gasteiger partial charge in [0.2, 0.25) is 0 Å². The SMILES string of the molecule is O=C(NCC(CCO)c1ccccc1)OCC1c2ccccc2-c2ccccc21. The van der Waals surface area contributed by atoms with Crippen LogP contribution < -0.4 is 5.32 Å². The normalized spacial score (nSPS) is 13.4. The smallest absolute Gasteiger partial charge is 0.407 e. The van der Waals surface area contributed by atoms with Gasteiger partial charge in [0.05, 0.1) is 0 Å². The van der Waals surface area contributed by atoms with Crippen molar-refractivity contribution in [2.45, 2.75) is 18.3 Å². The van der Waals surface area contributed by atoms with Crippen LogP contribution in [0.4, 0.5) is 4.79 Å². The Morgan fingerprint density at radius 3 is 2.10 bits per heavy atom. The number of fused-ring (bicyclic) bond motifs is 3. The van der Waals surface area contributed by atoms with Crippen LogP contribution >= 0.6 is 0 Å². The second-order valence-corrected chi connectivity index (χ2v) is 7.33. The number of aliphatic hydroxyl groups is 1. The van der Waals surface area contributed by atoms with Crippen molar-refractivity contribution < 1.29 is 14.6 Å². The van der Waals surface area contributed by atoms with Crippen LogP contribution in [0, 0.1) is 0 Å². The number of ether oxygens (including phenoxy) is 1. The average Bonchev–Trinajstić information content (AvgIpc) is 3.09. The summed E-state index contributed by atoms with van der Waals surface area (Å²) in [7, 11) is 0. The molecule has 1 aliphatic rings. The van der Waals surface area contributed by atoms with Crippen molar-refractivity contribution in [1.29, 1.82) is 0 Å². The van der Waals surface area contributed by atoms with E-state index in [2.05, 4.69) is 29.6 Å². The molecule has 0 aliphatic heterocycles. The number of hydrogen-bond donors (Lipinski definition) is 2. The van der Waals surface area contributed by atoms with Crippen molar-refractivity contribution in [2.75, 3.05) is 19.8 Å². The quantitative estimate of drug-likeness (QED) is 0.618. The zero-order valence-electron chi connectivity index (χ0n) is 16.3. The molecule has 4 rings (SSSR count). The number of benzene rings is 3. The first-order valence-corrected chi connectivity index (χ1v) is 10.0. The highest BCUT2D eigenvalue weighted by Gasteiger charge is 2.29. The van der Waals surface area contributed by atoms with Gasteiger partial charge in [0, 0.05) is 25.0 Å². The summed E-state index contributed by atoms with van der Waals surface area (Å²) in [5.74, 6) is 0.109. The van der Waals surface area contributed by atoms with Crippen LogP contribution in [-0.2, 0) is 4.74 Å². The molecule has 0 saturated carbocycles. The minimum absolute atomic E-state index is 0.0514. The Morgan fingerprint density at radius 1 is 0.897 bits per heavy atom. The minimum atomic E-state index is -0.425. The second kappa shape index (κ2) is 8.93. The Balaban J connectivity index is 1.39. The summed E-state index contributed by atoms with van der Waals surface area (Å²) in [6, 6.07) is 26.5. The van der Waals surface area contributed by atoms with Gasteiger partial charge in [-0.3, -0.25) is 0 Å². The lowest BCUT2D eigenvalue weighted by Crippen LogP contribution is -2.30. The van der Waals surface area contributed by atoms with E-state index in [1.165, 1.54) is 22.3 Å². The molecule has 3 aromatic rings. The number of carbonyl (C=O) groups is 1. The van der Waals surface area contributed by atoms with Crippen LogP contribution in [0.2, 0.25) is 0 Å². The molecule has 0 fully saturated rings. The van der Waals surface area contributed by atoms with E-state index in [0.717, 1.165) is 5.56 Å². The Morgan fingerprint density at radius 2 is 1.48 bits per heavy atom. The molecule has 1 amide bonds. The third-order valence-electron chi connectivity index (χ3n) is 5.59. The summed E-state index contributed by atoms with van der Waals surface area (Å²) < 4.78 is 5.59. The van der Waals surface area contributed by atoms with Gasteiger partial charge in [-0.1, -0.05) is 78.9 Å². The summed E-state index contributed by atoms with van der Waals surface area (Å²) >= 11 is 0. The van der Waals surface area contributed by atoms with Crippen LogP contribution in [0.1, 0.15) is 34.9 Å². The lowest BCUT2D eigenvalue weighted by atomic mass is 9.96. The maximum absolute atomic E-state index is 12.4. The zero-order chi connectivity index (χ0) is 20.1. The van der Waals surface area contributed by atoms with Crippen LogP contribution in [0.25, 0.3) is 11.1 Å². The summed E-state index contributed by atoms with van der Waals surface area (Å²) in [4.78, 5) is 12.4. The first-order chi connectivity index (χ1) is 14.3. The molecule has 1 unspecified atom stereocenters. The molecular formula is C25H25NO3. The van der Waals surface area contributed by atoms with E-state index in [-0.39, 0.29) is 18.4 Å². The molecule has 0 aromatic heterocycles. The standard InChI is InChI=1S/C25H25NO3/c27-15-14-19(18-8-2-1-3-9-18)16-26-25(28)29-17-24-22-12-6-4-10-20(22)21-11-5-7-13-23(21)24/h1-13,19,24,27H,14-17H2,(H,26,28). The minimum Gasteiger partial charge on any atom is -0.449 e. The van der Waals surface area contributed by atoms with E-state index in [0.29, 0.717) is 19.6 Å². The molecule has 2 N–H and O–H groups in total. The van der Waals surface area contributed by atoms with Crippen LogP contribution in [0.15, 0.2) is 78.9 Å². The van der Waals surface area contributed by atoms with E-state index < -0.39 is 6.09 Å². The molecule has 0 radical (unpaired) electrons. The van der Waals surface area contributed by atoms with Gasteiger partial charge in [-0.2, -0.15) is 0 Å². The molecular weight excluding hydrogens is 362 g/mol. The van der Waals surface area contributed by atoms with E-state index >= 15 is 0 Å². The van der Waals surface area contributed by atoms with Crippen molar-refractivity contribution in [3.63, 3.8) is 0 Å². The van der Waals surface area contributed by atoms with E-state index in [9.17, 15) is 9.90 Å². The monoisotopic (exact) mass is 387 g/mol. The number of amides is 1. The average molecular weight is 387 g/mol. The number of nitrogens with one attached hydrogen (secondary N) is 1. The van der Waals surface area contributed by atoms with Gasteiger partial charge in [-0.15, -0.1) is 0 Å². The second-order valence-electron chi connectivity index (χ2n) is 7.33. The summed E-state index contributed by atoms with van der Waals surface area (Å²) in [5.41, 5.74) is 5.92. The Bertz CT molecular complexity index is 925. The molecule has 0 saturated heterocycles. The van der Waals surface area contributed by atoms with Gasteiger partial charge in [-0.05, 0) is 34.2 Å². The van der Waals surface area contributed by atoms with Crippen LogP contribution in [-0.4, -0.2) is 31.0 Å². The number of rotatable bonds is 7. The fraction of sp³-hybridized carbons (Fsp3) is 0.240. The predicted molar refractivity (Wildman–Crippen MR) is 114 cm³/mol. The Labute approximate surface area is 171 Å². The summed E-state index contributed by atoms with van der Waals surface area (Å²) in [6.07, 6.45) is 0.166. The molecule has 29 heavy (non-hydrogen) atoms. The topological polar surface area (TPSA) is 58.6 Å². The first-order valence-electron chi connectivity index (χ1n) is 10.0. The largest absolute Gasteiger partial charge is 0.449 e. The van der Waals surface area contributed by atoms with Gasteiger partial charge in [0.25, 0.3) is 0 Å². The fourth-order valence-electron chi connectivity index (χ4n) is 4.12. The third kappa shape index (κ3) is 4.17. The van der Waals surface area contributed by atoms with E-state index in [4.69, 9.17) is 4.74 Å². The van der Waals surface area contributed by atoms with Gasteiger partial charge >= 0.3 is 6.09 Å². The number of carbonyl (C=O) groups excluding carboxylic acids is 1. The van der Waals surface area contributed by atoms with Gasteiger partial charge in [0.15, 0.2) is 0 Å². The number of alkyl carbamates (subject to hydrolysis) is 1. The molecule has 148 valence electrons. The zero-order valence-corrected chi connectivity index (χ0v) is 16.3. The Hall–Kier alpha value is -3.11. The predicted octanol–water partition coefficient (Wildman–Crippen LogP) is 4.69. The van der Waals surface area contributed by atoms with Crippen molar-refractivity contribution >= 4 is 6.09 Å². The van der Waals surface area contributed by atoms with Crippen LogP contribution in [0.5, 0.6) is 0 Å². The van der Waals surface area contributed by atoms with Gasteiger partial charge in [0.1, 0.15) is 6.61 Å². The number of aliphatic hydroxyl groups excluding tert-OH is 1. The summed E-state index contributed by atoms with van der Waals surface area (Å²) in [6.45, 7) is 0.809. The first kappa shape index (κ1) is 19.2. The highest BCUT2D eigenvalue weighted by atomic mass is 16.5. The highest BCUT2D eigenvalue weighted by Crippen LogP contribution is 2.44. The maximum Gasteiger partial charge on any atom is 0.407 e. The lowest BCUT2D eigenvalue weighted by Gasteiger charge is -2.18.